The summed E-state index contributed by atoms with van der Waals surface area (Å²) in [6.07, 6.45) is 1.06. The van der Waals surface area contributed by atoms with Crippen LogP contribution in [0.2, 0.25) is 0 Å². The van der Waals surface area contributed by atoms with Gasteiger partial charge in [-0.05, 0) is 48.9 Å². The summed E-state index contributed by atoms with van der Waals surface area (Å²) in [4.78, 5) is 11.9. The third-order valence-electron chi connectivity index (χ3n) is 3.03. The van der Waals surface area contributed by atoms with E-state index in [4.69, 9.17) is 14.7 Å². The average Bonchev–Trinajstić information content (AvgIpc) is 2.79. The van der Waals surface area contributed by atoms with Gasteiger partial charge in [-0.15, -0.1) is 11.3 Å². The van der Waals surface area contributed by atoms with E-state index in [0.29, 0.717) is 6.61 Å². The molecule has 0 atom stereocenters. The molecule has 21 heavy (non-hydrogen) atoms. The van der Waals surface area contributed by atoms with Gasteiger partial charge in [-0.1, -0.05) is 6.92 Å². The molecule has 0 unspecified atom stereocenters. The van der Waals surface area contributed by atoms with Crippen LogP contribution in [-0.4, -0.2) is 23.6 Å². The minimum Gasteiger partial charge on any atom is -0.378 e. The van der Waals surface area contributed by atoms with E-state index in [0.717, 1.165) is 39.4 Å². The number of nitrogens with zero attached hydrogens (tertiary/aromatic N) is 2. The van der Waals surface area contributed by atoms with Crippen molar-refractivity contribution in [1.82, 2.24) is 9.97 Å². The standard InChI is InChI=1S/C15H20IN3OS/c1-5-6-17-15-13(16)12(8-20-4)18-14(19-15)11-7-9(2)21-10(11)3/h7H,5-6,8H2,1-4H3,(H,17,18,19). The fraction of sp³-hybridized carbons (Fsp3) is 0.467. The van der Waals surface area contributed by atoms with E-state index in [1.807, 2.05) is 0 Å². The van der Waals surface area contributed by atoms with Gasteiger partial charge in [0.05, 0.1) is 15.9 Å². The minimum atomic E-state index is 0.497. The van der Waals surface area contributed by atoms with Crippen molar-refractivity contribution in [1.29, 1.82) is 0 Å². The number of aromatic nitrogens is 2. The number of thiophene rings is 1. The molecule has 2 rings (SSSR count). The highest BCUT2D eigenvalue weighted by Crippen LogP contribution is 2.31. The van der Waals surface area contributed by atoms with Crippen LogP contribution in [0.3, 0.4) is 0 Å². The Morgan fingerprint density at radius 2 is 2.10 bits per heavy atom. The van der Waals surface area contributed by atoms with Crippen molar-refractivity contribution < 1.29 is 4.74 Å². The Hall–Kier alpha value is -0.730. The van der Waals surface area contributed by atoms with Crippen LogP contribution >= 0.6 is 33.9 Å². The maximum atomic E-state index is 5.27. The fourth-order valence-corrected chi connectivity index (χ4v) is 3.57. The van der Waals surface area contributed by atoms with E-state index < -0.39 is 0 Å². The summed E-state index contributed by atoms with van der Waals surface area (Å²) in [5, 5.41) is 3.39. The van der Waals surface area contributed by atoms with E-state index in [-0.39, 0.29) is 0 Å². The van der Waals surface area contributed by atoms with Crippen LogP contribution in [0.4, 0.5) is 5.82 Å². The van der Waals surface area contributed by atoms with Gasteiger partial charge in [0.15, 0.2) is 5.82 Å². The summed E-state index contributed by atoms with van der Waals surface area (Å²) in [5.74, 6) is 1.68. The Morgan fingerprint density at radius 3 is 2.67 bits per heavy atom. The quantitative estimate of drug-likeness (QED) is 0.709. The smallest absolute Gasteiger partial charge is 0.163 e. The first-order chi connectivity index (χ1) is 10.1. The largest absolute Gasteiger partial charge is 0.378 e. The Labute approximate surface area is 143 Å². The molecule has 0 spiro atoms. The number of rotatable bonds is 6. The normalized spacial score (nSPS) is 10.9. The Balaban J connectivity index is 2.50. The highest BCUT2D eigenvalue weighted by Gasteiger charge is 2.15. The van der Waals surface area contributed by atoms with E-state index in [1.54, 1.807) is 18.4 Å². The van der Waals surface area contributed by atoms with Gasteiger partial charge in [0, 0.05) is 29.0 Å². The number of methoxy groups -OCH3 is 1. The zero-order chi connectivity index (χ0) is 15.4. The van der Waals surface area contributed by atoms with Gasteiger partial charge in [-0.25, -0.2) is 9.97 Å². The molecule has 2 heterocycles. The third-order valence-corrected chi connectivity index (χ3v) is 5.12. The molecule has 6 heteroatoms. The van der Waals surface area contributed by atoms with Gasteiger partial charge >= 0.3 is 0 Å². The number of halogens is 1. The van der Waals surface area contributed by atoms with Gasteiger partial charge in [-0.2, -0.15) is 0 Å². The van der Waals surface area contributed by atoms with Crippen molar-refractivity contribution >= 4 is 39.7 Å². The minimum absolute atomic E-state index is 0.497. The number of aryl methyl sites for hydroxylation is 2. The van der Waals surface area contributed by atoms with Crippen LogP contribution in [0.1, 0.15) is 28.8 Å². The molecule has 0 aliphatic rings. The molecule has 0 radical (unpaired) electrons. The number of ether oxygens (including phenoxy) is 1. The number of nitrogens with one attached hydrogen (secondary N) is 1. The predicted octanol–water partition coefficient (Wildman–Crippen LogP) is 4.39. The first-order valence-electron chi connectivity index (χ1n) is 6.93. The summed E-state index contributed by atoms with van der Waals surface area (Å²) < 4.78 is 6.31. The van der Waals surface area contributed by atoms with Gasteiger partial charge in [0.2, 0.25) is 0 Å². The molecule has 114 valence electrons. The number of hydrogen-bond donors (Lipinski definition) is 1. The van der Waals surface area contributed by atoms with Crippen LogP contribution in [0, 0.1) is 17.4 Å². The van der Waals surface area contributed by atoms with Crippen LogP contribution in [-0.2, 0) is 11.3 Å². The summed E-state index contributed by atoms with van der Waals surface area (Å²) in [6, 6.07) is 2.16. The summed E-state index contributed by atoms with van der Waals surface area (Å²) in [7, 11) is 1.69. The lowest BCUT2D eigenvalue weighted by atomic mass is 10.2. The molecule has 0 aliphatic carbocycles. The molecule has 0 fully saturated rings. The number of hydrogen-bond acceptors (Lipinski definition) is 5. The van der Waals surface area contributed by atoms with Gasteiger partial charge < -0.3 is 10.1 Å². The molecule has 4 nitrogen and oxygen atoms in total. The van der Waals surface area contributed by atoms with Gasteiger partial charge in [-0.3, -0.25) is 0 Å². The second kappa shape index (κ2) is 7.51. The van der Waals surface area contributed by atoms with E-state index in [9.17, 15) is 0 Å². The Kier molecular flexibility index (Phi) is 5.95. The average molecular weight is 417 g/mol. The predicted molar refractivity (Wildman–Crippen MR) is 97.0 cm³/mol. The van der Waals surface area contributed by atoms with Crippen molar-refractivity contribution in [3.05, 3.63) is 25.1 Å². The Morgan fingerprint density at radius 1 is 1.33 bits per heavy atom. The van der Waals surface area contributed by atoms with Crippen molar-refractivity contribution in [3.8, 4) is 11.4 Å². The highest BCUT2D eigenvalue weighted by atomic mass is 127. The zero-order valence-corrected chi connectivity index (χ0v) is 15.8. The molecular formula is C15H20IN3OS. The van der Waals surface area contributed by atoms with E-state index in [2.05, 4.69) is 54.7 Å². The topological polar surface area (TPSA) is 47.0 Å². The summed E-state index contributed by atoms with van der Waals surface area (Å²) >= 11 is 4.07. The van der Waals surface area contributed by atoms with Crippen molar-refractivity contribution in [2.45, 2.75) is 33.8 Å². The second-order valence-electron chi connectivity index (χ2n) is 4.84. The highest BCUT2D eigenvalue weighted by molar-refractivity contribution is 14.1. The van der Waals surface area contributed by atoms with Crippen LogP contribution in [0.25, 0.3) is 11.4 Å². The molecular weight excluding hydrogens is 397 g/mol. The van der Waals surface area contributed by atoms with Crippen molar-refractivity contribution in [2.24, 2.45) is 0 Å². The monoisotopic (exact) mass is 417 g/mol. The van der Waals surface area contributed by atoms with Crippen LogP contribution < -0.4 is 5.32 Å². The maximum Gasteiger partial charge on any atom is 0.163 e. The fourth-order valence-electron chi connectivity index (χ4n) is 2.06. The SMILES string of the molecule is CCCNc1nc(-c2cc(C)sc2C)nc(COC)c1I. The van der Waals surface area contributed by atoms with Crippen LogP contribution in [0.15, 0.2) is 6.07 Å². The molecule has 1 N–H and O–H groups in total. The van der Waals surface area contributed by atoms with Gasteiger partial charge in [0.25, 0.3) is 0 Å². The molecule has 0 aliphatic heterocycles. The maximum absolute atomic E-state index is 5.27. The van der Waals surface area contributed by atoms with Crippen molar-refractivity contribution in [3.63, 3.8) is 0 Å². The second-order valence-corrected chi connectivity index (χ2v) is 7.38. The zero-order valence-electron chi connectivity index (χ0n) is 12.8. The molecule has 0 saturated carbocycles. The molecule has 2 aromatic rings. The van der Waals surface area contributed by atoms with Crippen molar-refractivity contribution in [2.75, 3.05) is 19.0 Å². The summed E-state index contributed by atoms with van der Waals surface area (Å²) in [5.41, 5.74) is 2.05. The molecule has 0 bridgehead atoms. The lowest BCUT2D eigenvalue weighted by molar-refractivity contribution is 0.181. The van der Waals surface area contributed by atoms with E-state index >= 15 is 0 Å². The van der Waals surface area contributed by atoms with Gasteiger partial charge in [0.1, 0.15) is 5.82 Å². The van der Waals surface area contributed by atoms with Crippen LogP contribution in [0.5, 0.6) is 0 Å². The number of anilines is 1. The first kappa shape index (κ1) is 16.6. The Bertz CT molecular complexity index is 628. The summed E-state index contributed by atoms with van der Waals surface area (Å²) in [6.45, 7) is 7.77. The third kappa shape index (κ3) is 3.92. The van der Waals surface area contributed by atoms with E-state index in [1.165, 1.54) is 9.75 Å². The lowest BCUT2D eigenvalue weighted by Crippen LogP contribution is -2.09. The first-order valence-corrected chi connectivity index (χ1v) is 8.83. The molecule has 0 amide bonds. The molecule has 0 saturated heterocycles. The lowest BCUT2D eigenvalue weighted by Gasteiger charge is -2.12. The molecule has 0 aromatic carbocycles. The molecule has 2 aromatic heterocycles.